The van der Waals surface area contributed by atoms with E-state index in [1.165, 1.54) is 19.1 Å². The van der Waals surface area contributed by atoms with Crippen molar-refractivity contribution in [1.82, 2.24) is 9.55 Å². The number of hydrogen-bond acceptors (Lipinski definition) is 5. The second-order valence-electron chi connectivity index (χ2n) is 5.88. The molecule has 0 fully saturated rings. The molecular weight excluding hydrogens is 342 g/mol. The van der Waals surface area contributed by atoms with E-state index in [9.17, 15) is 18.3 Å². The quantitative estimate of drug-likeness (QED) is 0.778. The fourth-order valence-electron chi connectivity index (χ4n) is 2.66. The van der Waals surface area contributed by atoms with Crippen LogP contribution in [0.3, 0.4) is 0 Å². The van der Waals surface area contributed by atoms with Gasteiger partial charge < -0.3 is 15.0 Å². The van der Waals surface area contributed by atoms with Crippen LogP contribution in [0.15, 0.2) is 35.4 Å². The van der Waals surface area contributed by atoms with Crippen molar-refractivity contribution in [3.63, 3.8) is 0 Å². The summed E-state index contributed by atoms with van der Waals surface area (Å²) in [5.74, 6) is 0.289. The third-order valence-electron chi connectivity index (χ3n) is 3.80. The number of amides is 1. The molecule has 2 N–H and O–H groups in total. The summed E-state index contributed by atoms with van der Waals surface area (Å²) >= 11 is 0. The van der Waals surface area contributed by atoms with E-state index in [0.29, 0.717) is 12.1 Å². The highest BCUT2D eigenvalue weighted by molar-refractivity contribution is 7.91. The summed E-state index contributed by atoms with van der Waals surface area (Å²) < 4.78 is 27.1. The lowest BCUT2D eigenvalue weighted by Crippen LogP contribution is -2.24. The van der Waals surface area contributed by atoms with Crippen LogP contribution in [0.1, 0.15) is 31.4 Å². The van der Waals surface area contributed by atoms with Crippen molar-refractivity contribution in [2.45, 2.75) is 38.1 Å². The summed E-state index contributed by atoms with van der Waals surface area (Å²) in [6.45, 7) is 4.85. The minimum absolute atomic E-state index is 0.148. The first-order valence-corrected chi connectivity index (χ1v) is 9.67. The predicted molar refractivity (Wildman–Crippen MR) is 95.3 cm³/mol. The number of aromatic nitrogens is 2. The lowest BCUT2D eigenvalue weighted by molar-refractivity contribution is -0.114. The van der Waals surface area contributed by atoms with Crippen LogP contribution in [0.4, 0.5) is 5.69 Å². The Morgan fingerprint density at radius 2 is 1.96 bits per heavy atom. The number of aliphatic hydroxyl groups is 1. The highest BCUT2D eigenvalue weighted by atomic mass is 32.2. The molecule has 2 aromatic rings. The van der Waals surface area contributed by atoms with E-state index >= 15 is 0 Å². The van der Waals surface area contributed by atoms with E-state index in [1.807, 2.05) is 13.8 Å². The van der Waals surface area contributed by atoms with E-state index in [4.69, 9.17) is 0 Å². The third-order valence-corrected chi connectivity index (χ3v) is 5.61. The van der Waals surface area contributed by atoms with Gasteiger partial charge in [-0.3, -0.25) is 4.79 Å². The van der Waals surface area contributed by atoms with Gasteiger partial charge in [0, 0.05) is 25.2 Å². The van der Waals surface area contributed by atoms with Gasteiger partial charge in [0.15, 0.2) is 9.84 Å². The Labute approximate surface area is 147 Å². The zero-order valence-electron chi connectivity index (χ0n) is 14.6. The Balaban J connectivity index is 2.25. The average molecular weight is 365 g/mol. The maximum Gasteiger partial charge on any atom is 0.221 e. The van der Waals surface area contributed by atoms with E-state index < -0.39 is 15.9 Å². The van der Waals surface area contributed by atoms with Crippen LogP contribution in [0.5, 0.6) is 0 Å². The number of carbonyl (C=O) groups is 1. The zero-order chi connectivity index (χ0) is 18.6. The molecule has 8 heteroatoms. The van der Waals surface area contributed by atoms with Crippen LogP contribution in [0, 0.1) is 6.92 Å². The van der Waals surface area contributed by atoms with Crippen LogP contribution in [-0.2, 0) is 21.1 Å². The average Bonchev–Trinajstić information content (AvgIpc) is 2.93. The zero-order valence-corrected chi connectivity index (χ0v) is 15.4. The first-order chi connectivity index (χ1) is 11.8. The van der Waals surface area contributed by atoms with Gasteiger partial charge in [0.1, 0.15) is 5.82 Å². The van der Waals surface area contributed by atoms with Gasteiger partial charge in [-0.25, -0.2) is 13.4 Å². The molecule has 1 heterocycles. The summed E-state index contributed by atoms with van der Waals surface area (Å²) in [6, 6.07) is 5.39. The summed E-state index contributed by atoms with van der Waals surface area (Å²) in [6.07, 6.45) is 2.41. The number of anilines is 1. The second-order valence-corrected chi connectivity index (χ2v) is 7.92. The Hall–Kier alpha value is -2.19. The van der Waals surface area contributed by atoms with Crippen molar-refractivity contribution < 1.29 is 18.3 Å². The van der Waals surface area contributed by atoms with Crippen molar-refractivity contribution in [2.75, 3.05) is 17.7 Å². The second kappa shape index (κ2) is 7.79. The van der Waals surface area contributed by atoms with Crippen molar-refractivity contribution in [3.8, 4) is 0 Å². The molecule has 0 saturated carbocycles. The number of aliphatic hydroxyl groups excluding tert-OH is 1. The predicted octanol–water partition coefficient (Wildman–Crippen LogP) is 1.72. The molecule has 1 amide bonds. The summed E-state index contributed by atoms with van der Waals surface area (Å²) in [5, 5.41) is 12.3. The van der Waals surface area contributed by atoms with Gasteiger partial charge in [0.2, 0.25) is 5.91 Å². The molecule has 1 atom stereocenters. The molecule has 0 aliphatic heterocycles. The first-order valence-electron chi connectivity index (χ1n) is 8.02. The number of carbonyl (C=O) groups excluding carboxylic acids is 1. The van der Waals surface area contributed by atoms with Gasteiger partial charge in [-0.1, -0.05) is 6.92 Å². The fourth-order valence-corrected chi connectivity index (χ4v) is 4.18. The highest BCUT2D eigenvalue weighted by Gasteiger charge is 2.24. The SMILES string of the molecule is CCc1nc(C)cn1C(CO)CS(=O)(=O)c1ccc(NC(C)=O)cc1. The number of sulfone groups is 1. The number of imidazole rings is 1. The van der Waals surface area contributed by atoms with Crippen LogP contribution in [0.25, 0.3) is 0 Å². The fraction of sp³-hybridized carbons (Fsp3) is 0.412. The Kier molecular flexibility index (Phi) is 5.97. The molecule has 7 nitrogen and oxygen atoms in total. The molecular formula is C17H23N3O4S. The van der Waals surface area contributed by atoms with Crippen LogP contribution < -0.4 is 5.32 Å². The smallest absolute Gasteiger partial charge is 0.221 e. The van der Waals surface area contributed by atoms with E-state index in [-0.39, 0.29) is 23.2 Å². The first kappa shape index (κ1) is 19.1. The maximum absolute atomic E-state index is 12.7. The van der Waals surface area contributed by atoms with Crippen LogP contribution in [0.2, 0.25) is 0 Å². The molecule has 0 saturated heterocycles. The Morgan fingerprint density at radius 1 is 1.32 bits per heavy atom. The molecule has 1 aromatic carbocycles. The largest absolute Gasteiger partial charge is 0.394 e. The van der Waals surface area contributed by atoms with Crippen LogP contribution in [-0.4, -0.2) is 41.3 Å². The van der Waals surface area contributed by atoms with E-state index in [1.54, 1.807) is 22.9 Å². The van der Waals surface area contributed by atoms with Gasteiger partial charge in [-0.15, -0.1) is 0 Å². The summed E-state index contributed by atoms with van der Waals surface area (Å²) in [5.41, 5.74) is 1.32. The molecule has 0 spiro atoms. The van der Waals surface area contributed by atoms with Crippen molar-refractivity contribution in [3.05, 3.63) is 42.0 Å². The number of nitrogens with one attached hydrogen (secondary N) is 1. The molecule has 1 unspecified atom stereocenters. The molecule has 0 aliphatic carbocycles. The minimum Gasteiger partial charge on any atom is -0.394 e. The third kappa shape index (κ3) is 4.67. The number of aryl methyl sites for hydroxylation is 2. The van der Waals surface area contributed by atoms with Gasteiger partial charge >= 0.3 is 0 Å². The monoisotopic (exact) mass is 365 g/mol. The van der Waals surface area contributed by atoms with Gasteiger partial charge in [0.05, 0.1) is 29.0 Å². The van der Waals surface area contributed by atoms with Crippen molar-refractivity contribution in [2.24, 2.45) is 0 Å². The normalized spacial score (nSPS) is 12.8. The maximum atomic E-state index is 12.7. The molecule has 25 heavy (non-hydrogen) atoms. The Bertz CT molecular complexity index is 841. The topological polar surface area (TPSA) is 101 Å². The van der Waals surface area contributed by atoms with E-state index in [0.717, 1.165) is 11.5 Å². The van der Waals surface area contributed by atoms with Crippen molar-refractivity contribution >= 4 is 21.4 Å². The minimum atomic E-state index is -3.60. The lowest BCUT2D eigenvalue weighted by atomic mass is 10.3. The summed E-state index contributed by atoms with van der Waals surface area (Å²) in [4.78, 5) is 15.5. The number of hydrogen-bond donors (Lipinski definition) is 2. The molecule has 0 aliphatic rings. The van der Waals surface area contributed by atoms with E-state index in [2.05, 4.69) is 10.3 Å². The molecule has 2 rings (SSSR count). The van der Waals surface area contributed by atoms with Gasteiger partial charge in [-0.2, -0.15) is 0 Å². The standard InChI is InChI=1S/C17H23N3O4S/c1-4-17-18-12(2)9-20(17)15(10-21)11-25(23,24)16-7-5-14(6-8-16)19-13(3)22/h5-9,15,21H,4,10-11H2,1-3H3,(H,19,22). The molecule has 136 valence electrons. The Morgan fingerprint density at radius 3 is 2.48 bits per heavy atom. The number of benzene rings is 1. The number of nitrogens with zero attached hydrogens (tertiary/aromatic N) is 2. The molecule has 1 aromatic heterocycles. The van der Waals surface area contributed by atoms with Crippen LogP contribution >= 0.6 is 0 Å². The van der Waals surface area contributed by atoms with Gasteiger partial charge in [-0.05, 0) is 31.2 Å². The lowest BCUT2D eigenvalue weighted by Gasteiger charge is -2.18. The summed E-state index contributed by atoms with van der Waals surface area (Å²) in [7, 11) is -3.60. The molecule has 0 radical (unpaired) electrons. The van der Waals surface area contributed by atoms with Gasteiger partial charge in [0.25, 0.3) is 0 Å². The number of rotatable bonds is 7. The highest BCUT2D eigenvalue weighted by Crippen LogP contribution is 2.21. The molecule has 0 bridgehead atoms. The van der Waals surface area contributed by atoms with Crippen molar-refractivity contribution in [1.29, 1.82) is 0 Å².